The number of rotatable bonds is 4. The predicted molar refractivity (Wildman–Crippen MR) is 73.8 cm³/mol. The van der Waals surface area contributed by atoms with Gasteiger partial charge in [-0.2, -0.15) is 13.2 Å². The first-order valence-corrected chi connectivity index (χ1v) is 6.40. The van der Waals surface area contributed by atoms with E-state index in [-0.39, 0.29) is 6.42 Å². The van der Waals surface area contributed by atoms with Crippen molar-refractivity contribution in [2.45, 2.75) is 12.6 Å². The number of alkyl halides is 3. The number of esters is 1. The lowest BCUT2D eigenvalue weighted by atomic mass is 10.1. The van der Waals surface area contributed by atoms with Crippen molar-refractivity contribution in [1.29, 1.82) is 0 Å². The average Bonchev–Trinajstić information content (AvgIpc) is 2.47. The number of carbonyl (C=O) groups excluding carboxylic acids is 1. The van der Waals surface area contributed by atoms with Crippen molar-refractivity contribution < 1.29 is 27.4 Å². The van der Waals surface area contributed by atoms with Gasteiger partial charge in [-0.25, -0.2) is 0 Å². The van der Waals surface area contributed by atoms with E-state index < -0.39 is 23.5 Å². The van der Waals surface area contributed by atoms with Crippen LogP contribution in [0.4, 0.5) is 13.2 Å². The number of methoxy groups -OCH3 is 1. The van der Waals surface area contributed by atoms with Crippen molar-refractivity contribution in [1.82, 2.24) is 0 Å². The molecule has 0 fully saturated rings. The fraction of sp³-hybridized carbons (Fsp3) is 0.188. The van der Waals surface area contributed by atoms with Gasteiger partial charge in [-0.1, -0.05) is 24.3 Å². The Bertz CT molecular complexity index is 648. The highest BCUT2D eigenvalue weighted by molar-refractivity contribution is 5.75. The van der Waals surface area contributed by atoms with Crippen molar-refractivity contribution >= 4 is 5.97 Å². The van der Waals surface area contributed by atoms with E-state index in [1.807, 2.05) is 0 Å². The summed E-state index contributed by atoms with van der Waals surface area (Å²) in [6.07, 6.45) is -4.70. The van der Waals surface area contributed by atoms with E-state index in [2.05, 4.69) is 0 Å². The van der Waals surface area contributed by atoms with Crippen LogP contribution in [0.1, 0.15) is 11.1 Å². The maximum Gasteiger partial charge on any atom is 0.419 e. The Morgan fingerprint density at radius 1 is 1.05 bits per heavy atom. The summed E-state index contributed by atoms with van der Waals surface area (Å²) >= 11 is 0. The first-order valence-electron chi connectivity index (χ1n) is 6.40. The molecule has 0 heterocycles. The molecule has 0 bridgehead atoms. The van der Waals surface area contributed by atoms with Gasteiger partial charge in [0.2, 0.25) is 0 Å². The molecule has 0 aliphatic heterocycles. The number of halogens is 3. The summed E-state index contributed by atoms with van der Waals surface area (Å²) in [4.78, 5) is 11.8. The molecule has 0 aliphatic carbocycles. The van der Waals surface area contributed by atoms with Gasteiger partial charge in [0.25, 0.3) is 0 Å². The molecule has 2 aromatic rings. The molecule has 22 heavy (non-hydrogen) atoms. The maximum absolute atomic E-state index is 12.8. The lowest BCUT2D eigenvalue weighted by Crippen LogP contribution is -2.15. The van der Waals surface area contributed by atoms with Crippen LogP contribution in [0.25, 0.3) is 0 Å². The van der Waals surface area contributed by atoms with Crippen LogP contribution in [0.5, 0.6) is 11.5 Å². The molecule has 116 valence electrons. The number of carbonyl (C=O) groups is 1. The highest BCUT2D eigenvalue weighted by Gasteiger charge is 2.34. The molecule has 2 rings (SSSR count). The quantitative estimate of drug-likeness (QED) is 0.635. The zero-order valence-electron chi connectivity index (χ0n) is 11.7. The molecule has 0 aliphatic rings. The Balaban J connectivity index is 2.09. The molecule has 0 unspecified atom stereocenters. The van der Waals surface area contributed by atoms with Gasteiger partial charge in [0.15, 0.2) is 0 Å². The molecule has 0 saturated heterocycles. The minimum atomic E-state index is -4.57. The van der Waals surface area contributed by atoms with Gasteiger partial charge in [0.05, 0.1) is 19.1 Å². The number of benzene rings is 2. The van der Waals surface area contributed by atoms with Crippen LogP contribution < -0.4 is 9.47 Å². The van der Waals surface area contributed by atoms with Gasteiger partial charge in [-0.05, 0) is 29.8 Å². The van der Waals surface area contributed by atoms with E-state index in [0.29, 0.717) is 11.3 Å². The van der Waals surface area contributed by atoms with Crippen molar-refractivity contribution in [3.05, 3.63) is 59.7 Å². The van der Waals surface area contributed by atoms with Gasteiger partial charge in [-0.15, -0.1) is 0 Å². The second-order valence-corrected chi connectivity index (χ2v) is 4.49. The lowest BCUT2D eigenvalue weighted by molar-refractivity contribution is -0.142. The van der Waals surface area contributed by atoms with Gasteiger partial charge >= 0.3 is 12.1 Å². The van der Waals surface area contributed by atoms with Crippen LogP contribution in [0.15, 0.2) is 48.5 Å². The Hall–Kier alpha value is -2.50. The van der Waals surface area contributed by atoms with Gasteiger partial charge < -0.3 is 9.47 Å². The molecule has 0 N–H and O–H groups in total. The molecule has 0 saturated carbocycles. The predicted octanol–water partition coefficient (Wildman–Crippen LogP) is 3.86. The standard InChI is InChI=1S/C16H13F3O3/c1-21-12-8-6-11(7-9-12)10-15(20)22-14-5-3-2-4-13(14)16(17,18)19/h2-9H,10H2,1H3. The largest absolute Gasteiger partial charge is 0.497 e. The normalized spacial score (nSPS) is 11.1. The summed E-state index contributed by atoms with van der Waals surface area (Å²) < 4.78 is 48.2. The number of hydrogen-bond donors (Lipinski definition) is 0. The maximum atomic E-state index is 12.8. The Kier molecular flexibility index (Phi) is 4.70. The van der Waals surface area contributed by atoms with Crippen LogP contribution in [0.3, 0.4) is 0 Å². The van der Waals surface area contributed by atoms with Gasteiger partial charge in [0, 0.05) is 0 Å². The fourth-order valence-electron chi connectivity index (χ4n) is 1.86. The zero-order chi connectivity index (χ0) is 16.2. The second kappa shape index (κ2) is 6.51. The summed E-state index contributed by atoms with van der Waals surface area (Å²) in [5.74, 6) is -0.630. The molecule has 6 heteroatoms. The van der Waals surface area contributed by atoms with E-state index >= 15 is 0 Å². The summed E-state index contributed by atoms with van der Waals surface area (Å²) in [6, 6.07) is 11.2. The van der Waals surface area contributed by atoms with Crippen molar-refractivity contribution in [2.75, 3.05) is 7.11 Å². The van der Waals surface area contributed by atoms with Gasteiger partial charge in [-0.3, -0.25) is 4.79 Å². The van der Waals surface area contributed by atoms with E-state index in [9.17, 15) is 18.0 Å². The van der Waals surface area contributed by atoms with Crippen molar-refractivity contribution in [3.8, 4) is 11.5 Å². The molecular formula is C16H13F3O3. The Morgan fingerprint density at radius 3 is 2.27 bits per heavy atom. The number of ether oxygens (including phenoxy) is 2. The molecule has 0 aromatic heterocycles. The molecule has 0 spiro atoms. The summed E-state index contributed by atoms with van der Waals surface area (Å²) in [6.45, 7) is 0. The lowest BCUT2D eigenvalue weighted by Gasteiger charge is -2.12. The molecule has 0 radical (unpaired) electrons. The van der Waals surface area contributed by atoms with Crippen LogP contribution in [0, 0.1) is 0 Å². The van der Waals surface area contributed by atoms with E-state index in [0.717, 1.165) is 12.1 Å². The number of hydrogen-bond acceptors (Lipinski definition) is 3. The smallest absolute Gasteiger partial charge is 0.419 e. The monoisotopic (exact) mass is 310 g/mol. The first kappa shape index (κ1) is 15.9. The minimum Gasteiger partial charge on any atom is -0.497 e. The van der Waals surface area contributed by atoms with Crippen LogP contribution in [-0.4, -0.2) is 13.1 Å². The number of para-hydroxylation sites is 1. The summed E-state index contributed by atoms with van der Waals surface area (Å²) in [5, 5.41) is 0. The van der Waals surface area contributed by atoms with Crippen LogP contribution in [0.2, 0.25) is 0 Å². The Morgan fingerprint density at radius 2 is 1.68 bits per heavy atom. The van der Waals surface area contributed by atoms with Crippen LogP contribution in [-0.2, 0) is 17.4 Å². The third-order valence-corrected chi connectivity index (χ3v) is 2.92. The average molecular weight is 310 g/mol. The van der Waals surface area contributed by atoms with E-state index in [4.69, 9.17) is 9.47 Å². The molecular weight excluding hydrogens is 297 g/mol. The molecule has 0 amide bonds. The molecule has 0 atom stereocenters. The zero-order valence-corrected chi connectivity index (χ0v) is 11.7. The molecule has 3 nitrogen and oxygen atoms in total. The SMILES string of the molecule is COc1ccc(CC(=O)Oc2ccccc2C(F)(F)F)cc1. The summed E-state index contributed by atoms with van der Waals surface area (Å²) in [5.41, 5.74) is -0.353. The minimum absolute atomic E-state index is 0.129. The van der Waals surface area contributed by atoms with Gasteiger partial charge in [0.1, 0.15) is 11.5 Å². The third kappa shape index (κ3) is 4.00. The highest BCUT2D eigenvalue weighted by atomic mass is 19.4. The second-order valence-electron chi connectivity index (χ2n) is 4.49. The highest BCUT2D eigenvalue weighted by Crippen LogP contribution is 2.36. The van der Waals surface area contributed by atoms with Crippen LogP contribution >= 0.6 is 0 Å². The van der Waals surface area contributed by atoms with Crippen molar-refractivity contribution in [2.24, 2.45) is 0 Å². The van der Waals surface area contributed by atoms with E-state index in [1.165, 1.54) is 19.2 Å². The third-order valence-electron chi connectivity index (χ3n) is 2.92. The summed E-state index contributed by atoms with van der Waals surface area (Å²) in [7, 11) is 1.51. The van der Waals surface area contributed by atoms with Crippen molar-refractivity contribution in [3.63, 3.8) is 0 Å². The first-order chi connectivity index (χ1) is 10.4. The molecule has 2 aromatic carbocycles. The fourth-order valence-corrected chi connectivity index (χ4v) is 1.86. The van der Waals surface area contributed by atoms with E-state index in [1.54, 1.807) is 24.3 Å². The topological polar surface area (TPSA) is 35.5 Å². The Labute approximate surface area is 125 Å².